The van der Waals surface area contributed by atoms with Crippen LogP contribution in [-0.2, 0) is 11.3 Å². The van der Waals surface area contributed by atoms with Gasteiger partial charge in [0.25, 0.3) is 0 Å². The Morgan fingerprint density at radius 2 is 1.64 bits per heavy atom. The van der Waals surface area contributed by atoms with Gasteiger partial charge in [0, 0.05) is 22.7 Å². The van der Waals surface area contributed by atoms with Gasteiger partial charge >= 0.3 is 12.2 Å². The molecule has 6 nitrogen and oxygen atoms in total. The second kappa shape index (κ2) is 9.15. The highest BCUT2D eigenvalue weighted by Gasteiger charge is 2.52. The van der Waals surface area contributed by atoms with Crippen molar-refractivity contribution in [3.63, 3.8) is 0 Å². The number of aryl methyl sites for hydroxylation is 1. The number of rotatable bonds is 5. The summed E-state index contributed by atoms with van der Waals surface area (Å²) in [6.45, 7) is 3.25. The molecule has 0 fully saturated rings. The fraction of sp³-hybridized carbons (Fsp3) is 0.273. The Hall–Kier alpha value is -2.91. The molecule has 3 rings (SSSR count). The maximum absolute atomic E-state index is 13.1. The number of nitrogens with zero attached hydrogens (tertiary/aromatic N) is 3. The predicted octanol–water partition coefficient (Wildman–Crippen LogP) is 5.73. The number of hydrogen-bond donors (Lipinski definition) is 2. The van der Waals surface area contributed by atoms with Crippen molar-refractivity contribution in [1.29, 1.82) is 0 Å². The summed E-state index contributed by atoms with van der Waals surface area (Å²) in [5.74, 6) is -0.928. The highest BCUT2D eigenvalue weighted by molar-refractivity contribution is 6.33. The van der Waals surface area contributed by atoms with Crippen molar-refractivity contribution in [3.05, 3.63) is 57.6 Å². The van der Waals surface area contributed by atoms with Crippen molar-refractivity contribution in [1.82, 2.24) is 20.3 Å². The summed E-state index contributed by atoms with van der Waals surface area (Å²) in [6, 6.07) is 9.14. The van der Waals surface area contributed by atoms with Crippen LogP contribution < -0.4 is 5.32 Å². The summed E-state index contributed by atoms with van der Waals surface area (Å²) in [7, 11) is 0. The first-order valence-electron chi connectivity index (χ1n) is 9.65. The van der Waals surface area contributed by atoms with Gasteiger partial charge in [0.15, 0.2) is 11.6 Å². The molecule has 3 aromatic rings. The highest BCUT2D eigenvalue weighted by Crippen LogP contribution is 2.37. The van der Waals surface area contributed by atoms with Crippen molar-refractivity contribution in [2.24, 2.45) is 5.41 Å². The highest BCUT2D eigenvalue weighted by atomic mass is 35.5. The quantitative estimate of drug-likeness (QED) is 0.468. The van der Waals surface area contributed by atoms with Crippen LogP contribution in [0.15, 0.2) is 36.4 Å². The third kappa shape index (κ3) is 5.36. The lowest BCUT2D eigenvalue weighted by Gasteiger charge is -2.26. The van der Waals surface area contributed by atoms with Crippen LogP contribution in [0.1, 0.15) is 25.0 Å². The molecule has 0 unspecified atom stereocenters. The maximum Gasteiger partial charge on any atom is 0.402 e. The van der Waals surface area contributed by atoms with E-state index < -0.39 is 23.5 Å². The van der Waals surface area contributed by atoms with Crippen LogP contribution in [0.25, 0.3) is 22.8 Å². The van der Waals surface area contributed by atoms with Gasteiger partial charge in [-0.25, -0.2) is 4.98 Å². The Balaban J connectivity index is 1.91. The SMILES string of the molecule is Cc1cc(-c2nc(O)nc(-c3cc(CNC(=O)C(C)(C)C(F)(F)F)ccc3Cl)n2)ccc1Cl. The molecule has 0 atom stereocenters. The van der Waals surface area contributed by atoms with Crippen molar-refractivity contribution in [2.45, 2.75) is 33.5 Å². The molecular weight excluding hydrogens is 480 g/mol. The standard InChI is InChI=1S/C22H19Cl2F3N4O2/c1-11-8-13(5-7-15(11)23)17-29-18(31-20(33)30-17)14-9-12(4-6-16(14)24)10-28-19(32)21(2,3)22(25,26)27/h4-9H,10H2,1-3H3,(H,28,32)(H,29,30,31,33). The smallest absolute Gasteiger partial charge is 0.402 e. The van der Waals surface area contributed by atoms with Gasteiger partial charge in [-0.2, -0.15) is 23.1 Å². The van der Waals surface area contributed by atoms with Crippen LogP contribution in [0.5, 0.6) is 6.01 Å². The molecule has 0 saturated carbocycles. The number of alkyl halides is 3. The molecule has 0 spiro atoms. The summed E-state index contributed by atoms with van der Waals surface area (Å²) in [5.41, 5.74) is -0.404. The summed E-state index contributed by atoms with van der Waals surface area (Å²) < 4.78 is 39.2. The first kappa shape index (κ1) is 24.7. The number of amides is 1. The van der Waals surface area contributed by atoms with Crippen LogP contribution in [0.4, 0.5) is 13.2 Å². The Morgan fingerprint density at radius 1 is 1.00 bits per heavy atom. The van der Waals surface area contributed by atoms with Gasteiger partial charge in [-0.15, -0.1) is 0 Å². The van der Waals surface area contributed by atoms with E-state index in [1.54, 1.807) is 24.3 Å². The van der Waals surface area contributed by atoms with Gasteiger partial charge in [0.05, 0.1) is 5.02 Å². The second-order valence-corrected chi connectivity index (χ2v) is 8.68. The van der Waals surface area contributed by atoms with Crippen molar-refractivity contribution >= 4 is 29.1 Å². The van der Waals surface area contributed by atoms with Crippen LogP contribution >= 0.6 is 23.2 Å². The largest absolute Gasteiger partial charge is 0.479 e. The van der Waals surface area contributed by atoms with E-state index in [0.717, 1.165) is 19.4 Å². The van der Waals surface area contributed by atoms with Crippen molar-refractivity contribution in [3.8, 4) is 28.8 Å². The minimum absolute atomic E-state index is 0.0545. The van der Waals surface area contributed by atoms with Crippen LogP contribution in [0.2, 0.25) is 10.0 Å². The number of nitrogens with one attached hydrogen (secondary N) is 1. The summed E-state index contributed by atoms with van der Waals surface area (Å²) in [5, 5.41) is 13.1. The van der Waals surface area contributed by atoms with Gasteiger partial charge in [-0.3, -0.25) is 4.79 Å². The molecule has 174 valence electrons. The number of benzene rings is 2. The zero-order valence-electron chi connectivity index (χ0n) is 17.8. The number of carbonyl (C=O) groups excluding carboxylic acids is 1. The average Bonchev–Trinajstić information content (AvgIpc) is 2.73. The number of aromatic hydroxyl groups is 1. The lowest BCUT2D eigenvalue weighted by Crippen LogP contribution is -2.46. The molecule has 11 heteroatoms. The molecule has 33 heavy (non-hydrogen) atoms. The third-order valence-electron chi connectivity index (χ3n) is 5.04. The normalized spacial score (nSPS) is 12.0. The Bertz CT molecular complexity index is 1220. The Labute approximate surface area is 197 Å². The van der Waals surface area contributed by atoms with Gasteiger partial charge in [-0.1, -0.05) is 29.3 Å². The molecule has 0 aliphatic carbocycles. The van der Waals surface area contributed by atoms with Crippen molar-refractivity contribution in [2.75, 3.05) is 0 Å². The van der Waals surface area contributed by atoms with Gasteiger partial charge in [0.2, 0.25) is 5.91 Å². The Morgan fingerprint density at radius 3 is 2.27 bits per heavy atom. The first-order valence-corrected chi connectivity index (χ1v) is 10.4. The molecule has 0 saturated heterocycles. The average molecular weight is 499 g/mol. The van der Waals surface area contributed by atoms with E-state index in [1.165, 1.54) is 12.1 Å². The summed E-state index contributed by atoms with van der Waals surface area (Å²) in [4.78, 5) is 24.3. The van der Waals surface area contributed by atoms with E-state index in [0.29, 0.717) is 21.7 Å². The molecule has 1 heterocycles. The van der Waals surface area contributed by atoms with Crippen molar-refractivity contribution < 1.29 is 23.1 Å². The van der Waals surface area contributed by atoms with E-state index in [1.807, 2.05) is 6.92 Å². The van der Waals surface area contributed by atoms with E-state index in [4.69, 9.17) is 23.2 Å². The zero-order valence-corrected chi connectivity index (χ0v) is 19.3. The first-order chi connectivity index (χ1) is 15.3. The number of aromatic nitrogens is 3. The molecule has 2 N–H and O–H groups in total. The molecular formula is C22H19Cl2F3N4O2. The van der Waals surface area contributed by atoms with Gasteiger partial charge in [0.1, 0.15) is 5.41 Å². The minimum Gasteiger partial charge on any atom is -0.479 e. The van der Waals surface area contributed by atoms with Crippen LogP contribution in [0.3, 0.4) is 0 Å². The molecule has 0 bridgehead atoms. The molecule has 2 aromatic carbocycles. The fourth-order valence-electron chi connectivity index (χ4n) is 2.78. The summed E-state index contributed by atoms with van der Waals surface area (Å²) in [6.07, 6.45) is -4.69. The Kier molecular flexibility index (Phi) is 6.85. The van der Waals surface area contributed by atoms with Crippen LogP contribution in [-0.4, -0.2) is 32.1 Å². The van der Waals surface area contributed by atoms with Gasteiger partial charge < -0.3 is 10.4 Å². The van der Waals surface area contributed by atoms with E-state index >= 15 is 0 Å². The minimum atomic E-state index is -4.69. The molecule has 0 aliphatic heterocycles. The molecule has 1 aromatic heterocycles. The number of hydrogen-bond acceptors (Lipinski definition) is 5. The maximum atomic E-state index is 13.1. The fourth-order valence-corrected chi connectivity index (χ4v) is 3.10. The summed E-state index contributed by atoms with van der Waals surface area (Å²) >= 11 is 12.3. The lowest BCUT2D eigenvalue weighted by atomic mass is 9.91. The molecule has 1 amide bonds. The van der Waals surface area contributed by atoms with Crippen LogP contribution in [0, 0.1) is 12.3 Å². The molecule has 0 aliphatic rings. The van der Waals surface area contributed by atoms with E-state index in [-0.39, 0.29) is 23.2 Å². The lowest BCUT2D eigenvalue weighted by molar-refractivity contribution is -0.211. The molecule has 0 radical (unpaired) electrons. The van der Waals surface area contributed by atoms with E-state index in [9.17, 15) is 23.1 Å². The monoisotopic (exact) mass is 498 g/mol. The number of halogens is 5. The zero-order chi connectivity index (χ0) is 24.6. The number of carbonyl (C=O) groups is 1. The third-order valence-corrected chi connectivity index (χ3v) is 5.79. The van der Waals surface area contributed by atoms with E-state index in [2.05, 4.69) is 20.3 Å². The topological polar surface area (TPSA) is 88.0 Å². The van der Waals surface area contributed by atoms with Gasteiger partial charge in [-0.05, 0) is 62.2 Å². The second-order valence-electron chi connectivity index (χ2n) is 7.87. The predicted molar refractivity (Wildman–Crippen MR) is 119 cm³/mol.